The van der Waals surface area contributed by atoms with Gasteiger partial charge in [-0.05, 0) is 69.6 Å². The number of carbonyl (C=O) groups is 1. The van der Waals surface area contributed by atoms with Crippen LogP contribution in [0.15, 0.2) is 60.7 Å². The molecule has 11 heteroatoms. The van der Waals surface area contributed by atoms with Crippen LogP contribution in [0.1, 0.15) is 72.0 Å². The molecular formula is C33H36F3N7O. The molecule has 0 bridgehead atoms. The Labute approximate surface area is 255 Å². The molecule has 44 heavy (non-hydrogen) atoms. The number of hydrogen-bond donors (Lipinski definition) is 1. The van der Waals surface area contributed by atoms with E-state index in [1.165, 1.54) is 31.0 Å². The molecule has 5 rings (SSSR count). The third kappa shape index (κ3) is 8.43. The van der Waals surface area contributed by atoms with Gasteiger partial charge in [0.2, 0.25) is 0 Å². The molecular weight excluding hydrogens is 567 g/mol. The molecule has 0 aliphatic carbocycles. The zero-order chi connectivity index (χ0) is 31.1. The quantitative estimate of drug-likeness (QED) is 0.248. The highest BCUT2D eigenvalue weighted by Crippen LogP contribution is 2.31. The first-order valence-electron chi connectivity index (χ1n) is 15.0. The smallest absolute Gasteiger partial charge is 0.321 e. The minimum Gasteiger partial charge on any atom is -0.321 e. The van der Waals surface area contributed by atoms with Crippen molar-refractivity contribution in [1.29, 1.82) is 0 Å². The third-order valence-corrected chi connectivity index (χ3v) is 7.72. The van der Waals surface area contributed by atoms with Crippen LogP contribution >= 0.6 is 0 Å². The summed E-state index contributed by atoms with van der Waals surface area (Å²) in [4.78, 5) is 39.1. The van der Waals surface area contributed by atoms with Crippen molar-refractivity contribution >= 4 is 11.6 Å². The zero-order valence-electron chi connectivity index (χ0n) is 24.9. The van der Waals surface area contributed by atoms with E-state index in [4.69, 9.17) is 15.0 Å². The Balaban J connectivity index is 1.43. The molecule has 4 aromatic rings. The van der Waals surface area contributed by atoms with Crippen LogP contribution in [-0.4, -0.2) is 55.9 Å². The Morgan fingerprint density at radius 1 is 0.864 bits per heavy atom. The van der Waals surface area contributed by atoms with Gasteiger partial charge in [-0.1, -0.05) is 49.7 Å². The highest BCUT2D eigenvalue weighted by atomic mass is 19.4. The van der Waals surface area contributed by atoms with Gasteiger partial charge in [-0.15, -0.1) is 0 Å². The van der Waals surface area contributed by atoms with Crippen LogP contribution in [0, 0.1) is 5.92 Å². The molecule has 1 saturated heterocycles. The molecule has 8 nitrogen and oxygen atoms in total. The minimum atomic E-state index is -4.53. The molecule has 2 aromatic heterocycles. The van der Waals surface area contributed by atoms with E-state index in [-0.39, 0.29) is 17.8 Å². The second-order valence-corrected chi connectivity index (χ2v) is 11.2. The summed E-state index contributed by atoms with van der Waals surface area (Å²) >= 11 is 0. The number of hydrogen-bond acceptors (Lipinski definition) is 7. The van der Waals surface area contributed by atoms with Crippen LogP contribution < -0.4 is 5.32 Å². The Hall–Kier alpha value is -4.25. The number of amides is 1. The topological polar surface area (TPSA) is 96.8 Å². The summed E-state index contributed by atoms with van der Waals surface area (Å²) in [6, 6.07) is 15.4. The van der Waals surface area contributed by atoms with Crippen LogP contribution in [-0.2, 0) is 25.4 Å². The van der Waals surface area contributed by atoms with Gasteiger partial charge in [-0.25, -0.2) is 24.9 Å². The van der Waals surface area contributed by atoms with Crippen molar-refractivity contribution in [1.82, 2.24) is 29.8 Å². The lowest BCUT2D eigenvalue weighted by Crippen LogP contribution is -2.26. The van der Waals surface area contributed by atoms with Gasteiger partial charge in [0.1, 0.15) is 29.0 Å². The average Bonchev–Trinajstić information content (AvgIpc) is 3.00. The predicted octanol–water partition coefficient (Wildman–Crippen LogP) is 6.42. The standard InChI is InChI=1S/C33H36F3N7O/c1-3-28-40-29(18-22-10-7-8-16-43(2)17-15-22)42-31(41-28)21-30-38-26(23-11-5-4-6-12-23)20-27(39-30)32(44)37-25-14-9-13-24(19-25)33(34,35)36/h4-6,9,11-14,19-20,22H,3,7-8,10,15-18,21H2,1-2H3,(H,37,44). The van der Waals surface area contributed by atoms with Crippen LogP contribution in [0.3, 0.4) is 0 Å². The molecule has 0 spiro atoms. The van der Waals surface area contributed by atoms with Crippen molar-refractivity contribution in [2.45, 2.75) is 58.0 Å². The van der Waals surface area contributed by atoms with Crippen LogP contribution in [0.5, 0.6) is 0 Å². The number of carbonyl (C=O) groups excluding carboxylic acids is 1. The SMILES string of the molecule is CCc1nc(Cc2nc(C(=O)Nc3cccc(C(F)(F)F)c3)cc(-c3ccccc3)n2)nc(CC2CCCCN(C)CC2)n1. The van der Waals surface area contributed by atoms with E-state index < -0.39 is 17.6 Å². The van der Waals surface area contributed by atoms with Crippen molar-refractivity contribution in [2.24, 2.45) is 5.92 Å². The van der Waals surface area contributed by atoms with E-state index in [1.807, 2.05) is 37.3 Å². The van der Waals surface area contributed by atoms with Gasteiger partial charge >= 0.3 is 6.18 Å². The third-order valence-electron chi connectivity index (χ3n) is 7.72. The second kappa shape index (κ2) is 14.0. The number of alkyl halides is 3. The number of likely N-dealkylation sites (tertiary alicyclic amines) is 1. The Kier molecular flexibility index (Phi) is 9.94. The molecule has 1 amide bonds. The largest absolute Gasteiger partial charge is 0.416 e. The van der Waals surface area contributed by atoms with Crippen molar-refractivity contribution in [3.63, 3.8) is 0 Å². The molecule has 2 aromatic carbocycles. The van der Waals surface area contributed by atoms with E-state index >= 15 is 0 Å². The fourth-order valence-electron chi connectivity index (χ4n) is 5.35. The summed E-state index contributed by atoms with van der Waals surface area (Å²) in [6.07, 6.45) is 1.65. The first-order valence-corrected chi connectivity index (χ1v) is 15.0. The van der Waals surface area contributed by atoms with Crippen LogP contribution in [0.4, 0.5) is 18.9 Å². The summed E-state index contributed by atoms with van der Waals surface area (Å²) in [6.45, 7) is 4.18. The number of aryl methyl sites for hydroxylation is 1. The minimum absolute atomic E-state index is 0.0151. The maximum absolute atomic E-state index is 13.3. The number of benzene rings is 2. The van der Waals surface area contributed by atoms with Gasteiger partial charge < -0.3 is 10.2 Å². The normalized spacial score (nSPS) is 16.2. The van der Waals surface area contributed by atoms with E-state index in [0.29, 0.717) is 35.5 Å². The molecule has 1 aliphatic heterocycles. The van der Waals surface area contributed by atoms with Crippen LogP contribution in [0.25, 0.3) is 11.3 Å². The predicted molar refractivity (Wildman–Crippen MR) is 162 cm³/mol. The molecule has 1 unspecified atom stereocenters. The van der Waals surface area contributed by atoms with Crippen molar-refractivity contribution in [2.75, 3.05) is 25.5 Å². The first kappa shape index (κ1) is 31.2. The molecule has 1 atom stereocenters. The van der Waals surface area contributed by atoms with E-state index in [0.717, 1.165) is 55.9 Å². The number of nitrogens with zero attached hydrogens (tertiary/aromatic N) is 6. The van der Waals surface area contributed by atoms with Gasteiger partial charge in [0.25, 0.3) is 5.91 Å². The fourth-order valence-corrected chi connectivity index (χ4v) is 5.35. The number of rotatable bonds is 8. The van der Waals surface area contributed by atoms with E-state index in [1.54, 1.807) is 0 Å². The average molecular weight is 604 g/mol. The number of halogens is 3. The lowest BCUT2D eigenvalue weighted by molar-refractivity contribution is -0.137. The van der Waals surface area contributed by atoms with Crippen molar-refractivity contribution in [3.8, 4) is 11.3 Å². The molecule has 230 valence electrons. The molecule has 1 N–H and O–H groups in total. The Morgan fingerprint density at radius 3 is 2.39 bits per heavy atom. The summed E-state index contributed by atoms with van der Waals surface area (Å²) < 4.78 is 39.7. The van der Waals surface area contributed by atoms with Gasteiger partial charge in [0.15, 0.2) is 0 Å². The molecule has 3 heterocycles. The molecule has 0 saturated carbocycles. The molecule has 1 fully saturated rings. The maximum atomic E-state index is 13.3. The van der Waals surface area contributed by atoms with Gasteiger partial charge in [0.05, 0.1) is 17.7 Å². The van der Waals surface area contributed by atoms with Gasteiger partial charge in [-0.3, -0.25) is 4.79 Å². The summed E-state index contributed by atoms with van der Waals surface area (Å²) in [5.41, 5.74) is 0.459. The lowest BCUT2D eigenvalue weighted by atomic mass is 9.93. The number of nitrogens with one attached hydrogen (secondary N) is 1. The summed E-state index contributed by atoms with van der Waals surface area (Å²) in [5, 5.41) is 2.55. The van der Waals surface area contributed by atoms with Gasteiger partial charge in [-0.2, -0.15) is 13.2 Å². The first-order chi connectivity index (χ1) is 21.2. The Morgan fingerprint density at radius 2 is 1.61 bits per heavy atom. The highest BCUT2D eigenvalue weighted by molar-refractivity contribution is 6.03. The van der Waals surface area contributed by atoms with Gasteiger partial charge in [0, 0.05) is 24.1 Å². The van der Waals surface area contributed by atoms with E-state index in [2.05, 4.69) is 27.2 Å². The number of aromatic nitrogens is 5. The summed E-state index contributed by atoms with van der Waals surface area (Å²) in [7, 11) is 2.16. The monoisotopic (exact) mass is 603 g/mol. The van der Waals surface area contributed by atoms with Crippen molar-refractivity contribution < 1.29 is 18.0 Å². The second-order valence-electron chi connectivity index (χ2n) is 11.2. The Bertz CT molecular complexity index is 1580. The molecule has 1 aliphatic rings. The zero-order valence-corrected chi connectivity index (χ0v) is 24.9. The van der Waals surface area contributed by atoms with E-state index in [9.17, 15) is 18.0 Å². The van der Waals surface area contributed by atoms with Crippen LogP contribution in [0.2, 0.25) is 0 Å². The summed E-state index contributed by atoms with van der Waals surface area (Å²) in [5.74, 6) is 2.12. The highest BCUT2D eigenvalue weighted by Gasteiger charge is 2.30. The van der Waals surface area contributed by atoms with Crippen molar-refractivity contribution in [3.05, 3.63) is 95.2 Å². The fraction of sp³-hybridized carbons (Fsp3) is 0.394. The number of anilines is 1. The lowest BCUT2D eigenvalue weighted by Gasteiger charge is -2.25. The molecule has 0 radical (unpaired) electrons. The maximum Gasteiger partial charge on any atom is 0.416 e.